The Balaban J connectivity index is 1.38. The van der Waals surface area contributed by atoms with Gasteiger partial charge in [-0.3, -0.25) is 9.59 Å². The summed E-state index contributed by atoms with van der Waals surface area (Å²) in [5, 5.41) is 12.3. The Morgan fingerprint density at radius 3 is 2.56 bits per heavy atom. The van der Waals surface area contributed by atoms with Crippen molar-refractivity contribution in [2.75, 3.05) is 13.1 Å². The normalized spacial score (nSPS) is 22.3. The summed E-state index contributed by atoms with van der Waals surface area (Å²) in [5.41, 5.74) is 6.39. The van der Waals surface area contributed by atoms with Crippen LogP contribution in [-0.4, -0.2) is 50.0 Å². The minimum Gasteiger partial charge on any atom is -0.366 e. The summed E-state index contributed by atoms with van der Waals surface area (Å²) in [6.45, 7) is 1.79. The average molecular weight is 368 g/mol. The van der Waals surface area contributed by atoms with E-state index in [-0.39, 0.29) is 12.5 Å². The third kappa shape index (κ3) is 3.84. The van der Waals surface area contributed by atoms with Gasteiger partial charge in [-0.05, 0) is 42.0 Å². The molecule has 2 fully saturated rings. The first-order chi connectivity index (χ1) is 13.1. The minimum absolute atomic E-state index is 0.0482. The molecule has 1 aromatic carbocycles. The van der Waals surface area contributed by atoms with Crippen LogP contribution in [0.2, 0.25) is 0 Å². The van der Waals surface area contributed by atoms with E-state index in [1.165, 1.54) is 30.5 Å². The van der Waals surface area contributed by atoms with Gasteiger partial charge in [0, 0.05) is 24.2 Å². The van der Waals surface area contributed by atoms with Crippen LogP contribution < -0.4 is 5.73 Å². The lowest BCUT2D eigenvalue weighted by Crippen LogP contribution is -2.46. The van der Waals surface area contributed by atoms with Crippen LogP contribution in [0.15, 0.2) is 24.3 Å². The van der Waals surface area contributed by atoms with Crippen LogP contribution in [0.3, 0.4) is 0 Å². The molecular weight excluding hydrogens is 344 g/mol. The molecule has 1 saturated carbocycles. The number of likely N-dealkylation sites (tertiary alicyclic amines) is 1. The number of piperidine rings is 1. The minimum atomic E-state index is -0.481. The van der Waals surface area contributed by atoms with E-state index < -0.39 is 5.91 Å². The first kappa shape index (κ1) is 17.6. The maximum Gasteiger partial charge on any atom is 0.248 e. The number of aromatic nitrogens is 4. The number of carbonyl (C=O) groups excluding carboxylic acids is 2. The summed E-state index contributed by atoms with van der Waals surface area (Å²) in [6, 6.07) is 6.68. The number of fused-ring (bicyclic) bond motifs is 1. The zero-order chi connectivity index (χ0) is 18.8. The number of rotatable bonds is 4. The highest BCUT2D eigenvalue weighted by Gasteiger charge is 2.33. The highest BCUT2D eigenvalue weighted by molar-refractivity contribution is 5.93. The molecule has 1 saturated heterocycles. The second-order valence-electron chi connectivity index (χ2n) is 7.52. The maximum atomic E-state index is 12.7. The Morgan fingerprint density at radius 1 is 1.07 bits per heavy atom. The van der Waals surface area contributed by atoms with Gasteiger partial charge < -0.3 is 10.6 Å². The van der Waals surface area contributed by atoms with Gasteiger partial charge in [-0.1, -0.05) is 31.4 Å². The second kappa shape index (κ2) is 7.46. The monoisotopic (exact) mass is 368 g/mol. The van der Waals surface area contributed by atoms with E-state index in [4.69, 9.17) is 5.73 Å². The van der Waals surface area contributed by atoms with Crippen molar-refractivity contribution in [1.82, 2.24) is 25.1 Å². The number of tetrazole rings is 1. The number of primary amides is 1. The van der Waals surface area contributed by atoms with Gasteiger partial charge in [0.1, 0.15) is 6.54 Å². The quantitative estimate of drug-likeness (QED) is 0.879. The van der Waals surface area contributed by atoms with Crippen LogP contribution in [0.5, 0.6) is 0 Å². The van der Waals surface area contributed by atoms with Crippen LogP contribution in [-0.2, 0) is 11.3 Å². The predicted molar refractivity (Wildman–Crippen MR) is 98.4 cm³/mol. The molecule has 2 atom stereocenters. The first-order valence-corrected chi connectivity index (χ1v) is 9.56. The molecule has 2 amide bonds. The first-order valence-electron chi connectivity index (χ1n) is 9.56. The lowest BCUT2D eigenvalue weighted by atomic mass is 9.75. The molecule has 0 radical (unpaired) electrons. The zero-order valence-corrected chi connectivity index (χ0v) is 15.3. The molecule has 2 aliphatic rings. The second-order valence-corrected chi connectivity index (χ2v) is 7.52. The van der Waals surface area contributed by atoms with E-state index in [0.717, 1.165) is 31.0 Å². The number of nitrogens with zero attached hydrogens (tertiary/aromatic N) is 5. The molecule has 2 aromatic rings. The zero-order valence-electron chi connectivity index (χ0n) is 15.3. The van der Waals surface area contributed by atoms with E-state index in [9.17, 15) is 9.59 Å². The molecule has 4 rings (SSSR count). The fraction of sp³-hybridized carbons (Fsp3) is 0.526. The molecule has 0 unspecified atom stereocenters. The van der Waals surface area contributed by atoms with Gasteiger partial charge in [-0.2, -0.15) is 4.80 Å². The van der Waals surface area contributed by atoms with Gasteiger partial charge in [0.15, 0.2) is 0 Å². The maximum absolute atomic E-state index is 12.7. The fourth-order valence-corrected chi connectivity index (χ4v) is 4.26. The number of hydrogen-bond acceptors (Lipinski definition) is 5. The number of amides is 2. The molecule has 2 heterocycles. The topological polar surface area (TPSA) is 107 Å². The van der Waals surface area contributed by atoms with Crippen molar-refractivity contribution < 1.29 is 9.59 Å². The Morgan fingerprint density at radius 2 is 1.81 bits per heavy atom. The third-order valence-corrected chi connectivity index (χ3v) is 5.80. The molecular formula is C19H24N6O2. The van der Waals surface area contributed by atoms with Crippen molar-refractivity contribution in [2.45, 2.75) is 38.6 Å². The Labute approximate surface area is 157 Å². The van der Waals surface area contributed by atoms with Crippen molar-refractivity contribution in [3.8, 4) is 11.4 Å². The summed E-state index contributed by atoms with van der Waals surface area (Å²) < 4.78 is 0. The third-order valence-electron chi connectivity index (χ3n) is 5.80. The summed E-state index contributed by atoms with van der Waals surface area (Å²) >= 11 is 0. The lowest BCUT2D eigenvalue weighted by Gasteiger charge is -2.41. The highest BCUT2D eigenvalue weighted by atomic mass is 16.2. The van der Waals surface area contributed by atoms with Crippen molar-refractivity contribution >= 4 is 11.8 Å². The fourth-order valence-electron chi connectivity index (χ4n) is 4.26. The summed E-state index contributed by atoms with van der Waals surface area (Å²) in [5.74, 6) is 1.43. The van der Waals surface area contributed by atoms with Crippen LogP contribution in [0, 0.1) is 11.8 Å². The molecule has 0 spiro atoms. The standard InChI is InChI=1S/C19H24N6O2/c20-18(27)14-5-7-15(8-6-14)19-21-23-25(22-19)12-17(26)24-10-9-13-3-1-2-4-16(13)11-24/h5-8,13,16H,1-4,9-12H2,(H2,20,27)/t13-,16+/m0/s1. The Bertz CT molecular complexity index is 831. The smallest absolute Gasteiger partial charge is 0.248 e. The SMILES string of the molecule is NC(=O)c1ccc(-c2nnn(CC(=O)N3CC[C@@H]4CCCC[C@@H]4C3)n2)cc1. The number of nitrogens with two attached hydrogens (primary N) is 1. The summed E-state index contributed by atoms with van der Waals surface area (Å²) in [7, 11) is 0. The van der Waals surface area contributed by atoms with Crippen LogP contribution in [0.1, 0.15) is 42.5 Å². The van der Waals surface area contributed by atoms with E-state index >= 15 is 0 Å². The van der Waals surface area contributed by atoms with Gasteiger partial charge in [0.2, 0.25) is 17.6 Å². The Kier molecular flexibility index (Phi) is 4.87. The molecule has 27 heavy (non-hydrogen) atoms. The van der Waals surface area contributed by atoms with E-state index in [2.05, 4.69) is 15.4 Å². The van der Waals surface area contributed by atoms with Crippen molar-refractivity contribution in [3.05, 3.63) is 29.8 Å². The predicted octanol–water partition coefficient (Wildman–Crippen LogP) is 1.48. The van der Waals surface area contributed by atoms with Gasteiger partial charge in [0.25, 0.3) is 0 Å². The van der Waals surface area contributed by atoms with Crippen LogP contribution >= 0.6 is 0 Å². The number of hydrogen-bond donors (Lipinski definition) is 1. The van der Waals surface area contributed by atoms with Crippen LogP contribution in [0.25, 0.3) is 11.4 Å². The van der Waals surface area contributed by atoms with Crippen molar-refractivity contribution in [1.29, 1.82) is 0 Å². The highest BCUT2D eigenvalue weighted by Crippen LogP contribution is 2.36. The molecule has 1 aliphatic heterocycles. The number of carbonyl (C=O) groups is 2. The number of benzene rings is 1. The molecule has 8 nitrogen and oxygen atoms in total. The molecule has 8 heteroatoms. The van der Waals surface area contributed by atoms with E-state index in [1.54, 1.807) is 24.3 Å². The van der Waals surface area contributed by atoms with E-state index in [1.807, 2.05) is 4.90 Å². The van der Waals surface area contributed by atoms with Gasteiger partial charge in [0.05, 0.1) is 0 Å². The largest absolute Gasteiger partial charge is 0.366 e. The Hall–Kier alpha value is -2.77. The van der Waals surface area contributed by atoms with Gasteiger partial charge in [-0.25, -0.2) is 0 Å². The van der Waals surface area contributed by atoms with Crippen LogP contribution in [0.4, 0.5) is 0 Å². The summed E-state index contributed by atoms with van der Waals surface area (Å²) in [6.07, 6.45) is 6.28. The summed E-state index contributed by atoms with van der Waals surface area (Å²) in [4.78, 5) is 27.1. The lowest BCUT2D eigenvalue weighted by molar-refractivity contribution is -0.135. The van der Waals surface area contributed by atoms with Crippen molar-refractivity contribution in [2.24, 2.45) is 17.6 Å². The molecule has 1 aromatic heterocycles. The van der Waals surface area contributed by atoms with E-state index in [0.29, 0.717) is 17.3 Å². The molecule has 2 N–H and O–H groups in total. The van der Waals surface area contributed by atoms with Gasteiger partial charge >= 0.3 is 0 Å². The molecule has 0 bridgehead atoms. The van der Waals surface area contributed by atoms with Gasteiger partial charge in [-0.15, -0.1) is 10.2 Å². The molecule has 142 valence electrons. The average Bonchev–Trinajstić information content (AvgIpc) is 3.16. The molecule has 1 aliphatic carbocycles. The van der Waals surface area contributed by atoms with Crippen molar-refractivity contribution in [3.63, 3.8) is 0 Å².